The lowest BCUT2D eigenvalue weighted by Gasteiger charge is -2.23. The van der Waals surface area contributed by atoms with Gasteiger partial charge < -0.3 is 5.32 Å². The molecule has 1 atom stereocenters. The van der Waals surface area contributed by atoms with Crippen molar-refractivity contribution in [1.29, 1.82) is 0 Å². The van der Waals surface area contributed by atoms with Crippen molar-refractivity contribution in [3.8, 4) is 0 Å². The van der Waals surface area contributed by atoms with Crippen molar-refractivity contribution in [3.63, 3.8) is 0 Å². The molecule has 0 aliphatic carbocycles. The Hall–Kier alpha value is -2.34. The quantitative estimate of drug-likeness (QED) is 0.875. The Morgan fingerprint density at radius 1 is 1.08 bits per heavy atom. The van der Waals surface area contributed by atoms with Gasteiger partial charge in [0.05, 0.1) is 17.5 Å². The predicted molar refractivity (Wildman–Crippen MR) is 104 cm³/mol. The Balaban J connectivity index is 1.83. The third-order valence-corrected chi connectivity index (χ3v) is 6.48. The van der Waals surface area contributed by atoms with Crippen LogP contribution in [0.2, 0.25) is 0 Å². The Morgan fingerprint density at radius 2 is 1.81 bits per heavy atom. The highest BCUT2D eigenvalue weighted by Gasteiger charge is 2.29. The molecule has 1 heterocycles. The summed E-state index contributed by atoms with van der Waals surface area (Å²) in [5.74, 6) is 0.182. The molecule has 3 rings (SSSR count). The first-order valence-electron chi connectivity index (χ1n) is 8.85. The van der Waals surface area contributed by atoms with Crippen molar-refractivity contribution < 1.29 is 13.2 Å². The summed E-state index contributed by atoms with van der Waals surface area (Å²) in [6.45, 7) is 4.59. The Kier molecular flexibility index (Phi) is 5.32. The van der Waals surface area contributed by atoms with Crippen LogP contribution in [0.25, 0.3) is 0 Å². The van der Waals surface area contributed by atoms with Crippen molar-refractivity contribution >= 4 is 21.6 Å². The second kappa shape index (κ2) is 7.50. The highest BCUT2D eigenvalue weighted by molar-refractivity contribution is 7.93. The highest BCUT2D eigenvalue weighted by atomic mass is 32.2. The predicted octanol–water partition coefficient (Wildman–Crippen LogP) is 3.35. The monoisotopic (exact) mass is 372 g/mol. The van der Waals surface area contributed by atoms with Crippen LogP contribution in [0.4, 0.5) is 5.69 Å². The number of nitrogens with zero attached hydrogens (tertiary/aromatic N) is 1. The van der Waals surface area contributed by atoms with E-state index in [0.29, 0.717) is 24.2 Å². The summed E-state index contributed by atoms with van der Waals surface area (Å²) in [6.07, 6.45) is 0.613. The van der Waals surface area contributed by atoms with Crippen LogP contribution in [0.3, 0.4) is 0 Å². The zero-order chi connectivity index (χ0) is 18.7. The van der Waals surface area contributed by atoms with Gasteiger partial charge in [0.15, 0.2) is 0 Å². The number of carbonyl (C=O) groups is 1. The maximum atomic E-state index is 12.8. The van der Waals surface area contributed by atoms with E-state index in [-0.39, 0.29) is 23.6 Å². The number of carbonyl (C=O) groups excluding carboxylic acids is 1. The molecular weight excluding hydrogens is 348 g/mol. The van der Waals surface area contributed by atoms with Crippen molar-refractivity contribution in [3.05, 3.63) is 65.7 Å². The summed E-state index contributed by atoms with van der Waals surface area (Å²) in [7, 11) is -3.26. The number of sulfonamides is 1. The van der Waals surface area contributed by atoms with E-state index in [1.54, 1.807) is 24.3 Å². The molecule has 138 valence electrons. The number of hydrogen-bond acceptors (Lipinski definition) is 3. The number of amides is 1. The molecule has 0 bridgehead atoms. The Morgan fingerprint density at radius 3 is 2.42 bits per heavy atom. The summed E-state index contributed by atoms with van der Waals surface area (Å²) >= 11 is 0. The molecule has 2 aromatic rings. The molecule has 0 saturated carbocycles. The minimum Gasteiger partial charge on any atom is -0.345 e. The fraction of sp³-hybridized carbons (Fsp3) is 0.350. The SMILES string of the molecule is CC(C)[C@@H](NC(=O)c1cccc(N2CCCS2(=O)=O)c1)c1ccccc1. The minimum absolute atomic E-state index is 0.108. The van der Waals surface area contributed by atoms with Crippen LogP contribution in [-0.4, -0.2) is 26.6 Å². The van der Waals surface area contributed by atoms with Gasteiger partial charge in [-0.15, -0.1) is 0 Å². The van der Waals surface area contributed by atoms with Crippen LogP contribution < -0.4 is 9.62 Å². The normalized spacial score (nSPS) is 17.3. The van der Waals surface area contributed by atoms with Crippen molar-refractivity contribution in [2.45, 2.75) is 26.3 Å². The first-order valence-corrected chi connectivity index (χ1v) is 10.5. The van der Waals surface area contributed by atoms with E-state index in [0.717, 1.165) is 5.56 Å². The maximum Gasteiger partial charge on any atom is 0.251 e. The van der Waals surface area contributed by atoms with Gasteiger partial charge in [0.25, 0.3) is 5.91 Å². The van der Waals surface area contributed by atoms with Gasteiger partial charge in [-0.2, -0.15) is 0 Å². The molecule has 5 nitrogen and oxygen atoms in total. The molecule has 1 aliphatic rings. The van der Waals surface area contributed by atoms with E-state index in [9.17, 15) is 13.2 Å². The average molecular weight is 372 g/mol. The first kappa shape index (κ1) is 18.5. The molecule has 1 amide bonds. The molecular formula is C20H24N2O3S. The van der Waals surface area contributed by atoms with Gasteiger partial charge in [-0.1, -0.05) is 50.2 Å². The van der Waals surface area contributed by atoms with Gasteiger partial charge in [0, 0.05) is 12.1 Å². The summed E-state index contributed by atoms with van der Waals surface area (Å²) in [4.78, 5) is 12.8. The van der Waals surface area contributed by atoms with Crippen molar-refractivity contribution in [1.82, 2.24) is 5.32 Å². The van der Waals surface area contributed by atoms with Gasteiger partial charge in [-0.3, -0.25) is 9.10 Å². The van der Waals surface area contributed by atoms with E-state index in [1.165, 1.54) is 4.31 Å². The minimum atomic E-state index is -3.26. The fourth-order valence-electron chi connectivity index (χ4n) is 3.25. The maximum absolute atomic E-state index is 12.8. The number of nitrogens with one attached hydrogen (secondary N) is 1. The van der Waals surface area contributed by atoms with E-state index < -0.39 is 10.0 Å². The molecule has 1 aliphatic heterocycles. The first-order chi connectivity index (χ1) is 12.4. The molecule has 26 heavy (non-hydrogen) atoms. The van der Waals surface area contributed by atoms with Gasteiger partial charge in [0.1, 0.15) is 0 Å². The third-order valence-electron chi connectivity index (χ3n) is 4.61. The number of hydrogen-bond donors (Lipinski definition) is 1. The van der Waals surface area contributed by atoms with E-state index in [1.807, 2.05) is 30.3 Å². The molecule has 1 saturated heterocycles. The summed E-state index contributed by atoms with van der Waals surface area (Å²) in [5, 5.41) is 3.08. The summed E-state index contributed by atoms with van der Waals surface area (Å²) < 4.78 is 25.6. The van der Waals surface area contributed by atoms with Crippen LogP contribution in [0.15, 0.2) is 54.6 Å². The Labute approximate surface area is 155 Å². The van der Waals surface area contributed by atoms with Crippen LogP contribution in [0.1, 0.15) is 42.2 Å². The zero-order valence-electron chi connectivity index (χ0n) is 15.1. The standard InChI is InChI=1S/C20H24N2O3S/c1-15(2)19(16-8-4-3-5-9-16)21-20(23)17-10-6-11-18(14-17)22-12-7-13-26(22,24)25/h3-6,8-11,14-15,19H,7,12-13H2,1-2H3,(H,21,23)/t19-/m1/s1. The van der Waals surface area contributed by atoms with Gasteiger partial charge in [-0.05, 0) is 36.1 Å². The van der Waals surface area contributed by atoms with Crippen molar-refractivity contribution in [2.75, 3.05) is 16.6 Å². The second-order valence-electron chi connectivity index (χ2n) is 6.90. The second-order valence-corrected chi connectivity index (χ2v) is 8.91. The molecule has 0 radical (unpaired) electrons. The van der Waals surface area contributed by atoms with Crippen LogP contribution >= 0.6 is 0 Å². The van der Waals surface area contributed by atoms with Gasteiger partial charge in [0.2, 0.25) is 10.0 Å². The lowest BCUT2D eigenvalue weighted by atomic mass is 9.95. The molecule has 6 heteroatoms. The van der Waals surface area contributed by atoms with E-state index >= 15 is 0 Å². The molecule has 0 spiro atoms. The molecule has 0 unspecified atom stereocenters. The zero-order valence-corrected chi connectivity index (χ0v) is 15.9. The topological polar surface area (TPSA) is 66.5 Å². The Bertz CT molecular complexity index is 879. The smallest absolute Gasteiger partial charge is 0.251 e. The van der Waals surface area contributed by atoms with Crippen LogP contribution in [0.5, 0.6) is 0 Å². The van der Waals surface area contributed by atoms with Crippen molar-refractivity contribution in [2.24, 2.45) is 5.92 Å². The van der Waals surface area contributed by atoms with Crippen LogP contribution in [-0.2, 0) is 10.0 Å². The third kappa shape index (κ3) is 3.90. The summed E-state index contributed by atoms with van der Waals surface area (Å²) in [6, 6.07) is 16.6. The number of rotatable bonds is 5. The lowest BCUT2D eigenvalue weighted by Crippen LogP contribution is -2.32. The van der Waals surface area contributed by atoms with E-state index in [4.69, 9.17) is 0 Å². The fourth-order valence-corrected chi connectivity index (χ4v) is 4.81. The number of anilines is 1. The largest absolute Gasteiger partial charge is 0.345 e. The summed E-state index contributed by atoms with van der Waals surface area (Å²) in [5.41, 5.74) is 2.07. The molecule has 1 fully saturated rings. The van der Waals surface area contributed by atoms with E-state index in [2.05, 4.69) is 19.2 Å². The lowest BCUT2D eigenvalue weighted by molar-refractivity contribution is 0.0925. The molecule has 0 aromatic heterocycles. The number of benzene rings is 2. The molecule has 1 N–H and O–H groups in total. The molecule has 2 aromatic carbocycles. The van der Waals surface area contributed by atoms with Crippen LogP contribution in [0, 0.1) is 5.92 Å². The van der Waals surface area contributed by atoms with Gasteiger partial charge >= 0.3 is 0 Å². The van der Waals surface area contributed by atoms with Gasteiger partial charge in [-0.25, -0.2) is 8.42 Å². The average Bonchev–Trinajstić information content (AvgIpc) is 2.99. The highest BCUT2D eigenvalue weighted by Crippen LogP contribution is 2.26.